The van der Waals surface area contributed by atoms with Crippen LogP contribution in [0.25, 0.3) is 5.57 Å². The number of hydrogen-bond donors (Lipinski definition) is 1. The molecule has 1 N–H and O–H groups in total. The summed E-state index contributed by atoms with van der Waals surface area (Å²) in [5.41, 5.74) is 6.41. The molecule has 2 rings (SSSR count). The molecule has 0 aliphatic carbocycles. The SMILES string of the molecule is C=CCC1=C(CC=C)c2ccccc2ON1. The van der Waals surface area contributed by atoms with Gasteiger partial charge in [-0.1, -0.05) is 30.4 Å². The summed E-state index contributed by atoms with van der Waals surface area (Å²) >= 11 is 0. The predicted molar refractivity (Wildman–Crippen MR) is 66.8 cm³/mol. The third-order valence-corrected chi connectivity index (χ3v) is 2.56. The molecule has 1 aliphatic rings. The molecule has 2 nitrogen and oxygen atoms in total. The van der Waals surface area contributed by atoms with E-state index in [0.717, 1.165) is 29.9 Å². The molecule has 0 spiro atoms. The van der Waals surface area contributed by atoms with Crippen LogP contribution < -0.4 is 10.3 Å². The minimum atomic E-state index is 0.775. The Morgan fingerprint density at radius 3 is 2.62 bits per heavy atom. The zero-order valence-corrected chi connectivity index (χ0v) is 9.20. The Balaban J connectivity index is 2.47. The summed E-state index contributed by atoms with van der Waals surface area (Å²) in [6.45, 7) is 7.54. The molecule has 0 atom stereocenters. The van der Waals surface area contributed by atoms with E-state index in [4.69, 9.17) is 4.84 Å². The van der Waals surface area contributed by atoms with Gasteiger partial charge in [0.25, 0.3) is 0 Å². The van der Waals surface area contributed by atoms with E-state index >= 15 is 0 Å². The number of nitrogens with one attached hydrogen (secondary N) is 1. The van der Waals surface area contributed by atoms with E-state index < -0.39 is 0 Å². The fourth-order valence-corrected chi connectivity index (χ4v) is 1.83. The first-order valence-corrected chi connectivity index (χ1v) is 5.33. The Morgan fingerprint density at radius 1 is 1.12 bits per heavy atom. The van der Waals surface area contributed by atoms with Crippen LogP contribution in [0.2, 0.25) is 0 Å². The smallest absolute Gasteiger partial charge is 0.162 e. The van der Waals surface area contributed by atoms with Gasteiger partial charge in [-0.15, -0.1) is 13.2 Å². The lowest BCUT2D eigenvalue weighted by Crippen LogP contribution is -2.23. The molecule has 0 bridgehead atoms. The number of hydrogen-bond acceptors (Lipinski definition) is 2. The topological polar surface area (TPSA) is 21.3 Å². The molecule has 0 fully saturated rings. The average molecular weight is 213 g/mol. The van der Waals surface area contributed by atoms with Gasteiger partial charge in [0, 0.05) is 12.0 Å². The molecule has 1 heterocycles. The van der Waals surface area contributed by atoms with Gasteiger partial charge in [0.2, 0.25) is 0 Å². The zero-order chi connectivity index (χ0) is 11.4. The van der Waals surface area contributed by atoms with Crippen molar-refractivity contribution in [2.24, 2.45) is 0 Å². The molecule has 0 saturated carbocycles. The predicted octanol–water partition coefficient (Wildman–Crippen LogP) is 3.45. The molecule has 0 saturated heterocycles. The van der Waals surface area contributed by atoms with Crippen LogP contribution in [-0.2, 0) is 0 Å². The summed E-state index contributed by atoms with van der Waals surface area (Å²) in [5.74, 6) is 0.868. The minimum absolute atomic E-state index is 0.775. The van der Waals surface area contributed by atoms with Crippen molar-refractivity contribution in [1.82, 2.24) is 5.48 Å². The highest BCUT2D eigenvalue weighted by molar-refractivity contribution is 5.75. The number of hydroxylamine groups is 1. The van der Waals surface area contributed by atoms with Crippen LogP contribution in [0.5, 0.6) is 5.75 Å². The van der Waals surface area contributed by atoms with Gasteiger partial charge in [0.05, 0.1) is 5.70 Å². The van der Waals surface area contributed by atoms with Gasteiger partial charge in [-0.05, 0) is 18.1 Å². The first-order chi connectivity index (χ1) is 7.86. The second-order valence-electron chi connectivity index (χ2n) is 3.64. The standard InChI is InChI=1S/C14H15NO/c1-3-7-11-12-9-5-6-10-14(12)16-15-13(11)8-4-2/h3-6,9-10,15H,1-2,7-8H2. The van der Waals surface area contributed by atoms with Crippen LogP contribution in [-0.4, -0.2) is 0 Å². The first kappa shape index (κ1) is 10.6. The third-order valence-electron chi connectivity index (χ3n) is 2.56. The Labute approximate surface area is 95.9 Å². The van der Waals surface area contributed by atoms with Gasteiger partial charge >= 0.3 is 0 Å². The lowest BCUT2D eigenvalue weighted by atomic mass is 9.97. The molecule has 2 heteroatoms. The number of rotatable bonds is 4. The molecule has 0 unspecified atom stereocenters. The first-order valence-electron chi connectivity index (χ1n) is 5.33. The molecule has 0 aromatic heterocycles. The van der Waals surface area contributed by atoms with Crippen molar-refractivity contribution in [3.63, 3.8) is 0 Å². The highest BCUT2D eigenvalue weighted by atomic mass is 16.6. The second-order valence-corrected chi connectivity index (χ2v) is 3.64. The maximum atomic E-state index is 5.48. The van der Waals surface area contributed by atoms with Crippen molar-refractivity contribution < 1.29 is 4.84 Å². The molecule has 1 aromatic rings. The fourth-order valence-electron chi connectivity index (χ4n) is 1.83. The largest absolute Gasteiger partial charge is 0.382 e. The Morgan fingerprint density at radius 2 is 1.88 bits per heavy atom. The van der Waals surface area contributed by atoms with Crippen molar-refractivity contribution in [2.45, 2.75) is 12.8 Å². The minimum Gasteiger partial charge on any atom is -0.382 e. The second kappa shape index (κ2) is 4.71. The van der Waals surface area contributed by atoms with Crippen molar-refractivity contribution in [2.75, 3.05) is 0 Å². The van der Waals surface area contributed by atoms with E-state index in [1.165, 1.54) is 5.57 Å². The molecule has 1 aromatic carbocycles. The molecule has 16 heavy (non-hydrogen) atoms. The van der Waals surface area contributed by atoms with E-state index in [1.807, 2.05) is 30.4 Å². The monoisotopic (exact) mass is 213 g/mol. The molecule has 1 aliphatic heterocycles. The van der Waals surface area contributed by atoms with Gasteiger partial charge in [-0.3, -0.25) is 0 Å². The normalized spacial score (nSPS) is 13.5. The number of benzene rings is 1. The Bertz CT molecular complexity index is 446. The van der Waals surface area contributed by atoms with E-state index in [-0.39, 0.29) is 0 Å². The molecule has 0 radical (unpaired) electrons. The summed E-state index contributed by atoms with van der Waals surface area (Å²) in [6, 6.07) is 8.00. The average Bonchev–Trinajstić information content (AvgIpc) is 2.32. The van der Waals surface area contributed by atoms with Gasteiger partial charge in [0.1, 0.15) is 0 Å². The van der Waals surface area contributed by atoms with Crippen molar-refractivity contribution >= 4 is 5.57 Å². The van der Waals surface area contributed by atoms with Crippen molar-refractivity contribution in [3.05, 3.63) is 60.8 Å². The van der Waals surface area contributed by atoms with Crippen LogP contribution in [0.3, 0.4) is 0 Å². The van der Waals surface area contributed by atoms with Crippen LogP contribution in [0, 0.1) is 0 Å². The lowest BCUT2D eigenvalue weighted by molar-refractivity contribution is 0.221. The van der Waals surface area contributed by atoms with Gasteiger partial charge in [-0.2, -0.15) is 0 Å². The van der Waals surface area contributed by atoms with Crippen molar-refractivity contribution in [3.8, 4) is 5.75 Å². The summed E-state index contributed by atoms with van der Waals surface area (Å²) in [7, 11) is 0. The number of fused-ring (bicyclic) bond motifs is 1. The lowest BCUT2D eigenvalue weighted by Gasteiger charge is -2.23. The number of para-hydroxylation sites is 1. The van der Waals surface area contributed by atoms with E-state index in [0.29, 0.717) is 0 Å². The van der Waals surface area contributed by atoms with Gasteiger partial charge in [-0.25, -0.2) is 5.48 Å². The van der Waals surface area contributed by atoms with Crippen LogP contribution in [0.15, 0.2) is 55.3 Å². The summed E-state index contributed by atoms with van der Waals surface area (Å²) in [6.07, 6.45) is 5.37. The zero-order valence-electron chi connectivity index (χ0n) is 9.20. The fraction of sp³-hybridized carbons (Fsp3) is 0.143. The maximum absolute atomic E-state index is 5.48. The molecular formula is C14H15NO. The highest BCUT2D eigenvalue weighted by Gasteiger charge is 2.17. The number of allylic oxidation sites excluding steroid dienone is 3. The highest BCUT2D eigenvalue weighted by Crippen LogP contribution is 2.34. The molecule has 82 valence electrons. The Kier molecular flexibility index (Phi) is 3.10. The van der Waals surface area contributed by atoms with Crippen molar-refractivity contribution in [1.29, 1.82) is 0 Å². The van der Waals surface area contributed by atoms with E-state index in [1.54, 1.807) is 0 Å². The van der Waals surface area contributed by atoms with E-state index in [9.17, 15) is 0 Å². The summed E-state index contributed by atoms with van der Waals surface area (Å²) in [4.78, 5) is 5.48. The summed E-state index contributed by atoms with van der Waals surface area (Å²) in [5, 5.41) is 0. The van der Waals surface area contributed by atoms with E-state index in [2.05, 4.69) is 24.7 Å². The van der Waals surface area contributed by atoms with Gasteiger partial charge < -0.3 is 4.84 Å². The Hall–Kier alpha value is -1.96. The maximum Gasteiger partial charge on any atom is 0.162 e. The van der Waals surface area contributed by atoms with Gasteiger partial charge in [0.15, 0.2) is 5.75 Å². The van der Waals surface area contributed by atoms with Crippen LogP contribution in [0.4, 0.5) is 0 Å². The van der Waals surface area contributed by atoms with Crippen LogP contribution >= 0.6 is 0 Å². The third kappa shape index (κ3) is 1.87. The quantitative estimate of drug-likeness (QED) is 0.773. The molecular weight excluding hydrogens is 198 g/mol. The molecule has 0 amide bonds. The van der Waals surface area contributed by atoms with Crippen LogP contribution in [0.1, 0.15) is 18.4 Å². The summed E-state index contributed by atoms with van der Waals surface area (Å²) < 4.78 is 0.